The number of nitro benzene ring substituents is 1. The lowest BCUT2D eigenvalue weighted by molar-refractivity contribution is -0.384. The normalized spacial score (nSPS) is 19.4. The molecular weight excluding hydrogens is 473 g/mol. The zero-order valence-corrected chi connectivity index (χ0v) is 17.0. The molecule has 0 saturated carbocycles. The molecule has 1 saturated heterocycles. The summed E-state index contributed by atoms with van der Waals surface area (Å²) in [5.74, 6) is -4.29. The minimum absolute atomic E-state index is 0.272. The Morgan fingerprint density at radius 1 is 1.26 bits per heavy atom. The van der Waals surface area contributed by atoms with Crippen molar-refractivity contribution in [3.63, 3.8) is 0 Å². The number of nitrogens with one attached hydrogen (secondary N) is 3. The molecule has 1 fully saturated rings. The molecule has 180 valence electrons. The number of carboxylic acid groups (broad SMARTS) is 1. The van der Waals surface area contributed by atoms with Crippen LogP contribution in [0.2, 0.25) is 0 Å². The predicted octanol–water partition coefficient (Wildman–Crippen LogP) is 3.99. The van der Waals surface area contributed by atoms with Gasteiger partial charge in [0, 0.05) is 11.6 Å². The SMILES string of the molecule is C[C@@]1(c2cccc(Nc3c([N+](=O)[O-])ccc(F)c3C(F)(F)F)c2F)CC(=O)N/C(=N/C(=O)O)N1. The number of guanidine groups is 1. The van der Waals surface area contributed by atoms with E-state index in [2.05, 4.69) is 15.6 Å². The van der Waals surface area contributed by atoms with Gasteiger partial charge in [-0.3, -0.25) is 20.2 Å². The van der Waals surface area contributed by atoms with E-state index in [4.69, 9.17) is 5.11 Å². The molecule has 1 heterocycles. The summed E-state index contributed by atoms with van der Waals surface area (Å²) in [6, 6.07) is 4.05. The highest BCUT2D eigenvalue weighted by atomic mass is 19.4. The van der Waals surface area contributed by atoms with Gasteiger partial charge in [0.15, 0.2) is 5.82 Å². The highest BCUT2D eigenvalue weighted by molar-refractivity contribution is 6.03. The van der Waals surface area contributed by atoms with Gasteiger partial charge in [-0.05, 0) is 19.1 Å². The average molecular weight is 487 g/mol. The molecule has 1 aliphatic rings. The van der Waals surface area contributed by atoms with Crippen LogP contribution in [0.3, 0.4) is 0 Å². The van der Waals surface area contributed by atoms with Crippen molar-refractivity contribution in [2.45, 2.75) is 25.1 Å². The number of nitro groups is 1. The Bertz CT molecular complexity index is 1230. The standard InChI is InChI=1S/C19H14F5N5O5/c1-18(7-12(30)26-16(28-18)27-17(31)32)8-3-2-4-10(14(8)21)25-15-11(29(33)34)6-5-9(20)13(15)19(22,23)24/h2-6,25H,7H2,1H3,(H,31,32)(H2,26,27,28,30)/t18-/m0/s1. The van der Waals surface area contributed by atoms with Gasteiger partial charge in [-0.2, -0.15) is 13.2 Å². The summed E-state index contributed by atoms with van der Waals surface area (Å²) in [6.07, 6.45) is -7.45. The summed E-state index contributed by atoms with van der Waals surface area (Å²) < 4.78 is 69.8. The van der Waals surface area contributed by atoms with E-state index in [1.54, 1.807) is 0 Å². The van der Waals surface area contributed by atoms with Gasteiger partial charge in [-0.15, -0.1) is 4.99 Å². The number of halogens is 5. The number of rotatable bonds is 4. The van der Waals surface area contributed by atoms with E-state index in [-0.39, 0.29) is 11.6 Å². The Kier molecular flexibility index (Phi) is 6.13. The summed E-state index contributed by atoms with van der Waals surface area (Å²) in [7, 11) is 0. The highest BCUT2D eigenvalue weighted by Crippen LogP contribution is 2.43. The second kappa shape index (κ2) is 8.57. The van der Waals surface area contributed by atoms with Gasteiger partial charge in [0.05, 0.1) is 22.6 Å². The van der Waals surface area contributed by atoms with E-state index in [1.807, 2.05) is 5.32 Å². The highest BCUT2D eigenvalue weighted by Gasteiger charge is 2.42. The fraction of sp³-hybridized carbons (Fsp3) is 0.211. The average Bonchev–Trinajstić information content (AvgIpc) is 2.67. The summed E-state index contributed by atoms with van der Waals surface area (Å²) in [6.45, 7) is 1.30. The van der Waals surface area contributed by atoms with Crippen LogP contribution in [0.4, 0.5) is 43.8 Å². The topological polar surface area (TPSA) is 146 Å². The zero-order chi connectivity index (χ0) is 25.4. The molecule has 2 aromatic carbocycles. The van der Waals surface area contributed by atoms with Gasteiger partial charge in [-0.1, -0.05) is 12.1 Å². The quantitative estimate of drug-likeness (QED) is 0.290. The Balaban J connectivity index is 2.13. The van der Waals surface area contributed by atoms with Crippen LogP contribution in [0, 0.1) is 21.7 Å². The van der Waals surface area contributed by atoms with Crippen molar-refractivity contribution in [1.29, 1.82) is 0 Å². The van der Waals surface area contributed by atoms with Crippen molar-refractivity contribution in [2.75, 3.05) is 5.32 Å². The van der Waals surface area contributed by atoms with E-state index in [0.717, 1.165) is 12.1 Å². The van der Waals surface area contributed by atoms with Gasteiger partial charge in [0.2, 0.25) is 11.9 Å². The Labute approximate surface area is 186 Å². The maximum atomic E-state index is 15.4. The van der Waals surface area contributed by atoms with Crippen molar-refractivity contribution in [2.24, 2.45) is 4.99 Å². The van der Waals surface area contributed by atoms with E-state index < -0.39 is 75.3 Å². The molecule has 10 nitrogen and oxygen atoms in total. The zero-order valence-electron chi connectivity index (χ0n) is 17.0. The molecule has 0 spiro atoms. The summed E-state index contributed by atoms with van der Waals surface area (Å²) in [5.41, 5.74) is -7.08. The van der Waals surface area contributed by atoms with E-state index in [0.29, 0.717) is 6.07 Å². The smallest absolute Gasteiger partial charge is 0.434 e. The van der Waals surface area contributed by atoms with Crippen molar-refractivity contribution in [1.82, 2.24) is 10.6 Å². The second-order valence-electron chi connectivity index (χ2n) is 7.29. The first-order chi connectivity index (χ1) is 15.7. The molecule has 15 heteroatoms. The summed E-state index contributed by atoms with van der Waals surface area (Å²) >= 11 is 0. The number of benzene rings is 2. The number of alkyl halides is 3. The number of hydrogen-bond donors (Lipinski definition) is 4. The Hall–Kier alpha value is -4.30. The first-order valence-electron chi connectivity index (χ1n) is 9.22. The number of anilines is 2. The molecule has 4 N–H and O–H groups in total. The first-order valence-corrected chi connectivity index (χ1v) is 9.22. The molecule has 3 rings (SSSR count). The van der Waals surface area contributed by atoms with Crippen LogP contribution >= 0.6 is 0 Å². The van der Waals surface area contributed by atoms with Crippen LogP contribution in [-0.2, 0) is 16.5 Å². The fourth-order valence-electron chi connectivity index (χ4n) is 3.46. The minimum Gasteiger partial charge on any atom is -0.463 e. The monoisotopic (exact) mass is 487 g/mol. The molecule has 0 aromatic heterocycles. The van der Waals surface area contributed by atoms with Crippen LogP contribution in [0.25, 0.3) is 0 Å². The fourth-order valence-corrected chi connectivity index (χ4v) is 3.46. The molecule has 0 unspecified atom stereocenters. The van der Waals surface area contributed by atoms with Crippen molar-refractivity contribution >= 4 is 35.0 Å². The number of nitrogens with zero attached hydrogens (tertiary/aromatic N) is 2. The van der Waals surface area contributed by atoms with Gasteiger partial charge < -0.3 is 15.7 Å². The van der Waals surface area contributed by atoms with Gasteiger partial charge in [-0.25, -0.2) is 13.6 Å². The van der Waals surface area contributed by atoms with Crippen LogP contribution < -0.4 is 16.0 Å². The Morgan fingerprint density at radius 3 is 2.53 bits per heavy atom. The Morgan fingerprint density at radius 2 is 1.94 bits per heavy atom. The molecule has 2 amide bonds. The predicted molar refractivity (Wildman–Crippen MR) is 106 cm³/mol. The second-order valence-corrected chi connectivity index (χ2v) is 7.29. The van der Waals surface area contributed by atoms with Crippen LogP contribution in [0.15, 0.2) is 35.3 Å². The van der Waals surface area contributed by atoms with Crippen molar-refractivity contribution < 1.29 is 41.6 Å². The molecule has 1 atom stereocenters. The molecule has 0 radical (unpaired) electrons. The van der Waals surface area contributed by atoms with Crippen LogP contribution in [0.1, 0.15) is 24.5 Å². The first kappa shape index (κ1) is 24.3. The number of carbonyl (C=O) groups is 2. The third-order valence-corrected chi connectivity index (χ3v) is 4.84. The van der Waals surface area contributed by atoms with Crippen molar-refractivity contribution in [3.05, 3.63) is 63.2 Å². The number of amides is 2. The van der Waals surface area contributed by atoms with E-state index in [9.17, 15) is 37.3 Å². The molecular formula is C19H14F5N5O5. The molecule has 0 aliphatic carbocycles. The van der Waals surface area contributed by atoms with Crippen molar-refractivity contribution in [3.8, 4) is 0 Å². The van der Waals surface area contributed by atoms with Crippen LogP contribution in [-0.4, -0.2) is 28.0 Å². The van der Waals surface area contributed by atoms with Gasteiger partial charge in [0.25, 0.3) is 5.69 Å². The molecule has 0 bridgehead atoms. The summed E-state index contributed by atoms with van der Waals surface area (Å²) in [5, 5.41) is 26.7. The van der Waals surface area contributed by atoms with Gasteiger partial charge >= 0.3 is 12.3 Å². The largest absolute Gasteiger partial charge is 0.463 e. The lowest BCUT2D eigenvalue weighted by Crippen LogP contribution is -2.58. The van der Waals surface area contributed by atoms with E-state index in [1.165, 1.54) is 13.0 Å². The maximum Gasteiger partial charge on any atom is 0.434 e. The van der Waals surface area contributed by atoms with E-state index >= 15 is 4.39 Å². The van der Waals surface area contributed by atoms with Gasteiger partial charge in [0.1, 0.15) is 17.1 Å². The lowest BCUT2D eigenvalue weighted by atomic mass is 9.86. The molecule has 2 aromatic rings. The molecule has 1 aliphatic heterocycles. The maximum absolute atomic E-state index is 15.4. The number of aliphatic imine (C=N–C) groups is 1. The summed E-state index contributed by atoms with van der Waals surface area (Å²) in [4.78, 5) is 36.1. The number of hydrogen-bond acceptors (Lipinski definition) is 5. The molecule has 34 heavy (non-hydrogen) atoms. The van der Waals surface area contributed by atoms with Crippen LogP contribution in [0.5, 0.6) is 0 Å². The third-order valence-electron chi connectivity index (χ3n) is 4.84. The minimum atomic E-state index is -5.36. The number of carbonyl (C=O) groups excluding carboxylic acids is 1. The third kappa shape index (κ3) is 4.72. The lowest BCUT2D eigenvalue weighted by Gasteiger charge is -2.36.